The van der Waals surface area contributed by atoms with Gasteiger partial charge in [0.25, 0.3) is 0 Å². The fourth-order valence-corrected chi connectivity index (χ4v) is 2.41. The number of nitrogens with zero attached hydrogens (tertiary/aromatic N) is 2. The van der Waals surface area contributed by atoms with Gasteiger partial charge in [-0.2, -0.15) is 0 Å². The number of carbonyl (C=O) groups is 1. The van der Waals surface area contributed by atoms with Gasteiger partial charge in [-0.05, 0) is 23.3 Å². The number of carbonyl (C=O) groups excluding carboxylic acids is 1. The highest BCUT2D eigenvalue weighted by Gasteiger charge is 2.15. The van der Waals surface area contributed by atoms with Crippen LogP contribution in [-0.2, 0) is 0 Å². The Balaban J connectivity index is 1.61. The highest BCUT2D eigenvalue weighted by molar-refractivity contribution is 5.89. The van der Waals surface area contributed by atoms with Gasteiger partial charge in [-0.15, -0.1) is 10.2 Å². The molecule has 3 rings (SSSR count). The minimum Gasteiger partial charge on any atom is -0.412 e. The van der Waals surface area contributed by atoms with E-state index in [1.807, 2.05) is 54.6 Å². The number of aliphatic hydroxyl groups is 1. The number of nitrogens with one attached hydrogen (secondary N) is 2. The molecule has 1 amide bonds. The Kier molecular flexibility index (Phi) is 6.08. The van der Waals surface area contributed by atoms with Crippen molar-refractivity contribution in [2.75, 3.05) is 26.2 Å². The molecule has 7 nitrogen and oxygen atoms in total. The molecule has 0 radical (unpaired) electrons. The van der Waals surface area contributed by atoms with E-state index in [-0.39, 0.29) is 12.5 Å². The maximum absolute atomic E-state index is 12.0. The van der Waals surface area contributed by atoms with Gasteiger partial charge in [0.1, 0.15) is 0 Å². The molecule has 0 fully saturated rings. The molecule has 26 heavy (non-hydrogen) atoms. The van der Waals surface area contributed by atoms with Crippen molar-refractivity contribution in [3.05, 3.63) is 60.5 Å². The molecular formula is C19H20N4O3. The van der Waals surface area contributed by atoms with Gasteiger partial charge in [0.15, 0.2) is 0 Å². The van der Waals surface area contributed by atoms with Gasteiger partial charge in [0, 0.05) is 25.2 Å². The molecule has 2 aromatic carbocycles. The monoisotopic (exact) mass is 352 g/mol. The summed E-state index contributed by atoms with van der Waals surface area (Å²) in [6.45, 7) is 1.50. The summed E-state index contributed by atoms with van der Waals surface area (Å²) in [5.74, 6) is -0.196. The van der Waals surface area contributed by atoms with E-state index in [4.69, 9.17) is 9.52 Å². The molecule has 3 aromatic rings. The molecular weight excluding hydrogens is 332 g/mol. The van der Waals surface area contributed by atoms with Gasteiger partial charge < -0.3 is 20.2 Å². The van der Waals surface area contributed by atoms with Crippen molar-refractivity contribution in [1.29, 1.82) is 0 Å². The van der Waals surface area contributed by atoms with Gasteiger partial charge in [-0.3, -0.25) is 4.79 Å². The van der Waals surface area contributed by atoms with Crippen molar-refractivity contribution < 1.29 is 14.3 Å². The second-order valence-corrected chi connectivity index (χ2v) is 5.59. The van der Waals surface area contributed by atoms with Crippen LogP contribution in [0.25, 0.3) is 22.6 Å². The molecule has 3 N–H and O–H groups in total. The average molecular weight is 352 g/mol. The minimum absolute atomic E-state index is 0.0596. The predicted octanol–water partition coefficient (Wildman–Crippen LogP) is 1.72. The molecule has 0 aliphatic carbocycles. The molecule has 0 atom stereocenters. The Bertz CT molecular complexity index is 832. The molecule has 1 aromatic heterocycles. The summed E-state index contributed by atoms with van der Waals surface area (Å²) in [5, 5.41) is 22.0. The zero-order chi connectivity index (χ0) is 18.2. The number of hydrogen-bond acceptors (Lipinski definition) is 6. The molecule has 1 heterocycles. The molecule has 0 saturated carbocycles. The Morgan fingerprint density at radius 3 is 2.31 bits per heavy atom. The third-order valence-corrected chi connectivity index (χ3v) is 3.73. The van der Waals surface area contributed by atoms with Crippen LogP contribution in [-0.4, -0.2) is 47.5 Å². The SMILES string of the molecule is O=C(NCCNCCO)c1nnc(-c2ccc(-c3ccccc3)cc2)o1. The van der Waals surface area contributed by atoms with E-state index < -0.39 is 5.91 Å². The molecule has 0 spiro atoms. The first-order chi connectivity index (χ1) is 12.8. The van der Waals surface area contributed by atoms with Crippen LogP contribution in [0, 0.1) is 0 Å². The quantitative estimate of drug-likeness (QED) is 0.534. The second-order valence-electron chi connectivity index (χ2n) is 5.59. The number of aromatic nitrogens is 2. The Morgan fingerprint density at radius 2 is 1.58 bits per heavy atom. The van der Waals surface area contributed by atoms with E-state index in [0.717, 1.165) is 16.7 Å². The number of benzene rings is 2. The first-order valence-electron chi connectivity index (χ1n) is 8.37. The van der Waals surface area contributed by atoms with Crippen LogP contribution < -0.4 is 10.6 Å². The molecule has 0 aliphatic heterocycles. The summed E-state index contributed by atoms with van der Waals surface area (Å²) in [6.07, 6.45) is 0. The molecule has 0 aliphatic rings. The van der Waals surface area contributed by atoms with Crippen LogP contribution in [0.1, 0.15) is 10.7 Å². The van der Waals surface area contributed by atoms with Crippen LogP contribution in [0.2, 0.25) is 0 Å². The average Bonchev–Trinajstić information content (AvgIpc) is 3.19. The molecule has 0 saturated heterocycles. The van der Waals surface area contributed by atoms with E-state index in [0.29, 0.717) is 25.5 Å². The number of rotatable bonds is 8. The van der Waals surface area contributed by atoms with Crippen LogP contribution in [0.5, 0.6) is 0 Å². The first kappa shape index (κ1) is 17.8. The second kappa shape index (κ2) is 8.89. The number of aliphatic hydroxyl groups excluding tert-OH is 1. The third-order valence-electron chi connectivity index (χ3n) is 3.73. The summed E-state index contributed by atoms with van der Waals surface area (Å²) < 4.78 is 5.46. The summed E-state index contributed by atoms with van der Waals surface area (Å²) in [4.78, 5) is 12.0. The predicted molar refractivity (Wildman–Crippen MR) is 97.5 cm³/mol. The lowest BCUT2D eigenvalue weighted by Gasteiger charge is -2.03. The molecule has 134 valence electrons. The number of amides is 1. The topological polar surface area (TPSA) is 100 Å². The fraction of sp³-hybridized carbons (Fsp3) is 0.211. The molecule has 7 heteroatoms. The zero-order valence-corrected chi connectivity index (χ0v) is 14.2. The first-order valence-corrected chi connectivity index (χ1v) is 8.37. The van der Waals surface area contributed by atoms with Gasteiger partial charge in [0.05, 0.1) is 6.61 Å². The van der Waals surface area contributed by atoms with E-state index >= 15 is 0 Å². The maximum Gasteiger partial charge on any atom is 0.308 e. The van der Waals surface area contributed by atoms with Crippen molar-refractivity contribution >= 4 is 5.91 Å². The highest BCUT2D eigenvalue weighted by Crippen LogP contribution is 2.23. The standard InChI is InChI=1S/C19H20N4O3/c24-13-12-20-10-11-21-17(25)19-23-22-18(26-19)16-8-6-15(7-9-16)14-4-2-1-3-5-14/h1-9,20,24H,10-13H2,(H,21,25). The van der Waals surface area contributed by atoms with Gasteiger partial charge >= 0.3 is 11.8 Å². The lowest BCUT2D eigenvalue weighted by atomic mass is 10.0. The summed E-state index contributed by atoms with van der Waals surface area (Å²) in [6, 6.07) is 17.8. The minimum atomic E-state index is -0.421. The largest absolute Gasteiger partial charge is 0.412 e. The van der Waals surface area contributed by atoms with E-state index in [1.165, 1.54) is 0 Å². The molecule has 0 bridgehead atoms. The van der Waals surface area contributed by atoms with E-state index in [2.05, 4.69) is 20.8 Å². The molecule has 0 unspecified atom stereocenters. The lowest BCUT2D eigenvalue weighted by Crippen LogP contribution is -2.33. The number of hydrogen-bond donors (Lipinski definition) is 3. The van der Waals surface area contributed by atoms with Crippen LogP contribution in [0.4, 0.5) is 0 Å². The van der Waals surface area contributed by atoms with E-state index in [1.54, 1.807) is 0 Å². The van der Waals surface area contributed by atoms with Gasteiger partial charge in [-0.1, -0.05) is 42.5 Å². The summed E-state index contributed by atoms with van der Waals surface area (Å²) >= 11 is 0. The smallest absolute Gasteiger partial charge is 0.308 e. The van der Waals surface area contributed by atoms with Gasteiger partial charge in [0.2, 0.25) is 5.89 Å². The van der Waals surface area contributed by atoms with Crippen molar-refractivity contribution in [1.82, 2.24) is 20.8 Å². The maximum atomic E-state index is 12.0. The van der Waals surface area contributed by atoms with Crippen molar-refractivity contribution in [2.45, 2.75) is 0 Å². The van der Waals surface area contributed by atoms with Crippen molar-refractivity contribution in [3.8, 4) is 22.6 Å². The summed E-state index contributed by atoms with van der Waals surface area (Å²) in [5.41, 5.74) is 2.96. The van der Waals surface area contributed by atoms with Crippen LogP contribution in [0.3, 0.4) is 0 Å². The zero-order valence-electron chi connectivity index (χ0n) is 14.2. The van der Waals surface area contributed by atoms with Crippen LogP contribution >= 0.6 is 0 Å². The third kappa shape index (κ3) is 4.53. The highest BCUT2D eigenvalue weighted by atomic mass is 16.4. The van der Waals surface area contributed by atoms with Crippen molar-refractivity contribution in [3.63, 3.8) is 0 Å². The Labute approximate surface area is 151 Å². The Morgan fingerprint density at radius 1 is 0.885 bits per heavy atom. The van der Waals surface area contributed by atoms with Gasteiger partial charge in [-0.25, -0.2) is 0 Å². The van der Waals surface area contributed by atoms with Crippen molar-refractivity contribution in [2.24, 2.45) is 0 Å². The fourth-order valence-electron chi connectivity index (χ4n) is 2.41. The van der Waals surface area contributed by atoms with E-state index in [9.17, 15) is 4.79 Å². The normalized spacial score (nSPS) is 10.7. The lowest BCUT2D eigenvalue weighted by molar-refractivity contribution is 0.0920. The van der Waals surface area contributed by atoms with Crippen LogP contribution in [0.15, 0.2) is 59.0 Å². The summed E-state index contributed by atoms with van der Waals surface area (Å²) in [7, 11) is 0. The Hall–Kier alpha value is -3.03.